The number of carbonyl (C=O) groups is 3. The number of hydrogen-bond donors (Lipinski definition) is 1. The molecule has 1 N–H and O–H groups in total. The first-order chi connectivity index (χ1) is 17.8. The van der Waals surface area contributed by atoms with Crippen molar-refractivity contribution in [3.05, 3.63) is 112 Å². The first-order valence-electron chi connectivity index (χ1n) is 11.7. The fourth-order valence-electron chi connectivity index (χ4n) is 4.01. The number of thiazole rings is 1. The van der Waals surface area contributed by atoms with Crippen LogP contribution in [0, 0.1) is 6.92 Å². The van der Waals surface area contributed by atoms with Gasteiger partial charge in [-0.3, -0.25) is 14.5 Å². The van der Waals surface area contributed by atoms with E-state index in [1.165, 1.54) is 17.1 Å². The molecule has 0 spiro atoms. The second kappa shape index (κ2) is 11.2. The average molecular weight is 515 g/mol. The lowest BCUT2D eigenvalue weighted by Gasteiger charge is -2.24. The van der Waals surface area contributed by atoms with E-state index in [4.69, 9.17) is 4.74 Å². The standard InChI is InChI=1S/C29H26N2O5S/c1-4-17-36-28(35)26-18(3)30-29(37-26)31-24(21-14-11-19(5-2)12-15-21)23(25(33)27(31)34)22(32)16-13-20-9-7-6-8-10-20/h4,6-16,24,33H,1,5,17H2,2-3H3. The Bertz CT molecular complexity index is 1400. The molecule has 0 radical (unpaired) electrons. The third-order valence-electron chi connectivity index (χ3n) is 5.91. The predicted molar refractivity (Wildman–Crippen MR) is 144 cm³/mol. The highest BCUT2D eigenvalue weighted by Crippen LogP contribution is 2.43. The third-order valence-corrected chi connectivity index (χ3v) is 7.05. The third kappa shape index (κ3) is 5.29. The number of ether oxygens (including phenoxy) is 1. The molecule has 4 rings (SSSR count). The van der Waals surface area contributed by atoms with Gasteiger partial charge in [0.05, 0.1) is 17.3 Å². The van der Waals surface area contributed by atoms with Crippen LogP contribution in [0.15, 0.2) is 84.7 Å². The number of aliphatic hydroxyl groups is 1. The Morgan fingerprint density at radius 3 is 2.51 bits per heavy atom. The monoisotopic (exact) mass is 514 g/mol. The number of aryl methyl sites for hydroxylation is 2. The molecule has 0 bridgehead atoms. The van der Waals surface area contributed by atoms with Gasteiger partial charge in [-0.1, -0.05) is 91.6 Å². The van der Waals surface area contributed by atoms with E-state index in [1.807, 2.05) is 61.5 Å². The Morgan fingerprint density at radius 2 is 1.86 bits per heavy atom. The summed E-state index contributed by atoms with van der Waals surface area (Å²) < 4.78 is 5.14. The van der Waals surface area contributed by atoms with Gasteiger partial charge in [0.1, 0.15) is 11.5 Å². The van der Waals surface area contributed by atoms with Gasteiger partial charge in [-0.2, -0.15) is 0 Å². The van der Waals surface area contributed by atoms with Crippen LogP contribution in [0.4, 0.5) is 5.13 Å². The topological polar surface area (TPSA) is 96.8 Å². The largest absolute Gasteiger partial charge is 0.503 e. The van der Waals surface area contributed by atoms with E-state index in [9.17, 15) is 19.5 Å². The molecule has 1 atom stereocenters. The summed E-state index contributed by atoms with van der Waals surface area (Å²) in [5, 5.41) is 11.1. The first-order valence-corrected chi connectivity index (χ1v) is 12.6. The molecule has 37 heavy (non-hydrogen) atoms. The van der Waals surface area contributed by atoms with Crippen molar-refractivity contribution in [2.45, 2.75) is 26.3 Å². The number of esters is 1. The number of hydrogen-bond acceptors (Lipinski definition) is 7. The molecule has 188 valence electrons. The Morgan fingerprint density at radius 1 is 1.16 bits per heavy atom. The maximum absolute atomic E-state index is 13.4. The average Bonchev–Trinajstić information content (AvgIpc) is 3.43. The lowest BCUT2D eigenvalue weighted by molar-refractivity contribution is -0.117. The summed E-state index contributed by atoms with van der Waals surface area (Å²) in [5.74, 6) is -2.49. The molecule has 2 aromatic carbocycles. The summed E-state index contributed by atoms with van der Waals surface area (Å²) in [7, 11) is 0. The predicted octanol–water partition coefficient (Wildman–Crippen LogP) is 5.54. The molecule has 0 saturated heterocycles. The number of benzene rings is 2. The number of carbonyl (C=O) groups excluding carboxylic acids is 3. The number of amides is 1. The normalized spacial score (nSPS) is 15.5. The molecule has 0 saturated carbocycles. The van der Waals surface area contributed by atoms with E-state index in [0.29, 0.717) is 11.3 Å². The van der Waals surface area contributed by atoms with Crippen molar-refractivity contribution in [1.29, 1.82) is 0 Å². The second-order valence-corrected chi connectivity index (χ2v) is 9.32. The molecule has 1 amide bonds. The van der Waals surface area contributed by atoms with Gasteiger partial charge in [0.2, 0.25) is 0 Å². The molecule has 2 heterocycles. The molecule has 1 unspecified atom stereocenters. The maximum atomic E-state index is 13.4. The summed E-state index contributed by atoms with van der Waals surface area (Å²) >= 11 is 0.969. The van der Waals surface area contributed by atoms with Gasteiger partial charge in [-0.15, -0.1) is 0 Å². The van der Waals surface area contributed by atoms with Gasteiger partial charge in [-0.25, -0.2) is 9.78 Å². The number of nitrogens with zero attached hydrogens (tertiary/aromatic N) is 2. The van der Waals surface area contributed by atoms with Crippen molar-refractivity contribution in [1.82, 2.24) is 4.98 Å². The maximum Gasteiger partial charge on any atom is 0.350 e. The zero-order valence-corrected chi connectivity index (χ0v) is 21.3. The van der Waals surface area contributed by atoms with Gasteiger partial charge in [0, 0.05) is 0 Å². The molecule has 1 aliphatic rings. The summed E-state index contributed by atoms with van der Waals surface area (Å²) in [5.41, 5.74) is 2.85. The van der Waals surface area contributed by atoms with E-state index < -0.39 is 29.5 Å². The number of rotatable bonds is 9. The van der Waals surface area contributed by atoms with Crippen LogP contribution in [-0.4, -0.2) is 34.4 Å². The van der Waals surface area contributed by atoms with Crippen LogP contribution in [0.1, 0.15) is 45.0 Å². The first kappa shape index (κ1) is 25.8. The Labute approximate surface area is 219 Å². The van der Waals surface area contributed by atoms with Crippen molar-refractivity contribution in [2.75, 3.05) is 11.5 Å². The quantitative estimate of drug-likeness (QED) is 0.229. The van der Waals surface area contributed by atoms with Crippen molar-refractivity contribution in [3.8, 4) is 0 Å². The Hall–Kier alpha value is -4.30. The Kier molecular flexibility index (Phi) is 7.79. The highest BCUT2D eigenvalue weighted by atomic mass is 32.1. The molecule has 1 aliphatic heterocycles. The second-order valence-electron chi connectivity index (χ2n) is 8.34. The summed E-state index contributed by atoms with van der Waals surface area (Å²) in [6.45, 7) is 7.24. The molecular formula is C29H26N2O5S. The number of anilines is 1. The highest BCUT2D eigenvalue weighted by Gasteiger charge is 2.45. The van der Waals surface area contributed by atoms with Crippen LogP contribution in [0.25, 0.3) is 6.08 Å². The lowest BCUT2D eigenvalue weighted by Crippen LogP contribution is -2.30. The van der Waals surface area contributed by atoms with Crippen LogP contribution >= 0.6 is 11.3 Å². The van der Waals surface area contributed by atoms with Crippen LogP contribution < -0.4 is 4.90 Å². The smallest absolute Gasteiger partial charge is 0.350 e. The highest BCUT2D eigenvalue weighted by molar-refractivity contribution is 7.17. The summed E-state index contributed by atoms with van der Waals surface area (Å²) in [6.07, 6.45) is 5.25. The van der Waals surface area contributed by atoms with Gasteiger partial charge in [-0.05, 0) is 36.1 Å². The van der Waals surface area contributed by atoms with E-state index in [-0.39, 0.29) is 22.2 Å². The minimum Gasteiger partial charge on any atom is -0.503 e. The number of aromatic nitrogens is 1. The minimum absolute atomic E-state index is 0.0370. The van der Waals surface area contributed by atoms with E-state index in [2.05, 4.69) is 11.6 Å². The lowest BCUT2D eigenvalue weighted by atomic mass is 9.94. The molecule has 8 heteroatoms. The van der Waals surface area contributed by atoms with Gasteiger partial charge >= 0.3 is 5.97 Å². The van der Waals surface area contributed by atoms with Crippen LogP contribution in [0.3, 0.4) is 0 Å². The zero-order valence-electron chi connectivity index (χ0n) is 20.5. The van der Waals surface area contributed by atoms with E-state index in [0.717, 1.165) is 28.9 Å². The van der Waals surface area contributed by atoms with Crippen LogP contribution in [0.2, 0.25) is 0 Å². The molecule has 0 aliphatic carbocycles. The molecule has 3 aromatic rings. The van der Waals surface area contributed by atoms with Crippen molar-refractivity contribution < 1.29 is 24.2 Å². The number of ketones is 1. The van der Waals surface area contributed by atoms with Crippen molar-refractivity contribution in [3.63, 3.8) is 0 Å². The fraction of sp³-hybridized carbons (Fsp3) is 0.172. The fourth-order valence-corrected chi connectivity index (χ4v) is 4.99. The molecule has 0 fully saturated rings. The van der Waals surface area contributed by atoms with Gasteiger partial charge < -0.3 is 9.84 Å². The van der Waals surface area contributed by atoms with E-state index >= 15 is 0 Å². The van der Waals surface area contributed by atoms with Gasteiger partial charge in [0.15, 0.2) is 16.7 Å². The molecule has 7 nitrogen and oxygen atoms in total. The van der Waals surface area contributed by atoms with Crippen molar-refractivity contribution in [2.24, 2.45) is 0 Å². The molecule has 1 aromatic heterocycles. The SMILES string of the molecule is C=CCOC(=O)c1sc(N2C(=O)C(O)=C(C(=O)C=Cc3ccccc3)C2c2ccc(CC)cc2)nc1C. The summed E-state index contributed by atoms with van der Waals surface area (Å²) in [4.78, 5) is 45.1. The number of aliphatic hydroxyl groups excluding tert-OH is 1. The number of allylic oxidation sites excluding steroid dienone is 1. The Balaban J connectivity index is 1.77. The van der Waals surface area contributed by atoms with Crippen LogP contribution in [-0.2, 0) is 20.7 Å². The van der Waals surface area contributed by atoms with Gasteiger partial charge in [0.25, 0.3) is 5.91 Å². The molecular weight excluding hydrogens is 488 g/mol. The van der Waals surface area contributed by atoms with Crippen LogP contribution in [0.5, 0.6) is 0 Å². The minimum atomic E-state index is -0.922. The van der Waals surface area contributed by atoms with Crippen molar-refractivity contribution >= 4 is 40.2 Å². The zero-order chi connectivity index (χ0) is 26.5. The summed E-state index contributed by atoms with van der Waals surface area (Å²) in [6, 6.07) is 15.8. The van der Waals surface area contributed by atoms with E-state index in [1.54, 1.807) is 13.0 Å².